The molecule has 5 nitrogen and oxygen atoms in total. The summed E-state index contributed by atoms with van der Waals surface area (Å²) in [6.07, 6.45) is 4.39. The van der Waals surface area contributed by atoms with Crippen molar-refractivity contribution in [1.29, 1.82) is 0 Å². The molecule has 1 aliphatic rings. The summed E-state index contributed by atoms with van der Waals surface area (Å²) in [5.74, 6) is 0. The monoisotopic (exact) mass is 386 g/mol. The number of nitrogens with zero attached hydrogens (tertiary/aromatic N) is 4. The van der Waals surface area contributed by atoms with Crippen LogP contribution in [0.5, 0.6) is 0 Å². The van der Waals surface area contributed by atoms with E-state index in [4.69, 9.17) is 0 Å². The quantitative estimate of drug-likeness (QED) is 0.652. The molecule has 2 aromatic carbocycles. The van der Waals surface area contributed by atoms with Crippen LogP contribution >= 0.6 is 0 Å². The van der Waals surface area contributed by atoms with Gasteiger partial charge < -0.3 is 0 Å². The van der Waals surface area contributed by atoms with E-state index in [0.29, 0.717) is 6.67 Å². The molecule has 0 atom stereocenters. The van der Waals surface area contributed by atoms with Gasteiger partial charge >= 0.3 is 0 Å². The van der Waals surface area contributed by atoms with Gasteiger partial charge in [0.2, 0.25) is 0 Å². The molecule has 0 amide bonds. The Kier molecular flexibility index (Phi) is 6.29. The first-order valence-corrected chi connectivity index (χ1v) is 10.1. The van der Waals surface area contributed by atoms with Gasteiger partial charge in [0.15, 0.2) is 0 Å². The lowest BCUT2D eigenvalue weighted by molar-refractivity contribution is 0.109. The molecule has 148 valence electrons. The lowest BCUT2D eigenvalue weighted by atomic mass is 10.1. The van der Waals surface area contributed by atoms with E-state index in [9.17, 15) is 4.79 Å². The summed E-state index contributed by atoms with van der Waals surface area (Å²) in [5, 5.41) is 4.58. The average molecular weight is 386 g/mol. The van der Waals surface area contributed by atoms with Gasteiger partial charge in [-0.05, 0) is 11.6 Å². The molecular formula is C24H26N4O. The predicted molar refractivity (Wildman–Crippen MR) is 117 cm³/mol. The van der Waals surface area contributed by atoms with E-state index in [2.05, 4.69) is 51.3 Å². The maximum absolute atomic E-state index is 12.3. The van der Waals surface area contributed by atoms with Gasteiger partial charge in [0, 0.05) is 44.4 Å². The molecule has 0 N–H and O–H groups in total. The van der Waals surface area contributed by atoms with Gasteiger partial charge in [0.1, 0.15) is 0 Å². The van der Waals surface area contributed by atoms with Crippen molar-refractivity contribution in [2.75, 3.05) is 32.7 Å². The lowest BCUT2D eigenvalue weighted by Gasteiger charge is -2.34. The minimum Gasteiger partial charge on any atom is -0.297 e. The Morgan fingerprint density at radius 2 is 1.45 bits per heavy atom. The molecule has 0 spiro atoms. The highest BCUT2D eigenvalue weighted by molar-refractivity contribution is 5.57. The molecule has 1 saturated heterocycles. The summed E-state index contributed by atoms with van der Waals surface area (Å²) < 4.78 is 1.58. The fraction of sp³-hybridized carbons (Fsp3) is 0.250. The number of hydrogen-bond acceptors (Lipinski definition) is 4. The van der Waals surface area contributed by atoms with Gasteiger partial charge in [0.25, 0.3) is 5.56 Å². The van der Waals surface area contributed by atoms with Crippen molar-refractivity contribution < 1.29 is 0 Å². The van der Waals surface area contributed by atoms with Gasteiger partial charge in [-0.25, -0.2) is 4.68 Å². The highest BCUT2D eigenvalue weighted by atomic mass is 16.1. The third-order valence-corrected chi connectivity index (χ3v) is 5.21. The van der Waals surface area contributed by atoms with E-state index < -0.39 is 0 Å². The van der Waals surface area contributed by atoms with E-state index in [1.54, 1.807) is 16.8 Å². The molecule has 0 aliphatic carbocycles. The first-order valence-electron chi connectivity index (χ1n) is 10.1. The van der Waals surface area contributed by atoms with Crippen molar-refractivity contribution in [3.63, 3.8) is 0 Å². The summed E-state index contributed by atoms with van der Waals surface area (Å²) in [6, 6.07) is 23.8. The van der Waals surface area contributed by atoms with Crippen LogP contribution in [-0.2, 0) is 6.67 Å². The minimum atomic E-state index is -0.0575. The first-order chi connectivity index (χ1) is 14.3. The maximum atomic E-state index is 12.3. The molecule has 1 aromatic heterocycles. The topological polar surface area (TPSA) is 41.4 Å². The van der Waals surface area contributed by atoms with Crippen molar-refractivity contribution in [3.8, 4) is 11.3 Å². The molecule has 0 radical (unpaired) electrons. The van der Waals surface area contributed by atoms with Crippen LogP contribution in [0.4, 0.5) is 0 Å². The van der Waals surface area contributed by atoms with Crippen LogP contribution in [0.2, 0.25) is 0 Å². The molecule has 2 heterocycles. The number of hydrogen-bond donors (Lipinski definition) is 0. The molecule has 1 aliphatic heterocycles. The van der Waals surface area contributed by atoms with Crippen molar-refractivity contribution in [2.24, 2.45) is 0 Å². The van der Waals surface area contributed by atoms with Crippen molar-refractivity contribution in [3.05, 3.63) is 94.8 Å². The number of piperazine rings is 1. The van der Waals surface area contributed by atoms with Crippen LogP contribution in [0.3, 0.4) is 0 Å². The number of rotatable bonds is 6. The number of aromatic nitrogens is 2. The molecule has 0 saturated carbocycles. The number of benzene rings is 2. The second-order valence-electron chi connectivity index (χ2n) is 7.30. The van der Waals surface area contributed by atoms with E-state index in [0.717, 1.165) is 44.0 Å². The van der Waals surface area contributed by atoms with Crippen LogP contribution in [0.25, 0.3) is 17.3 Å². The molecule has 4 rings (SSSR count). The Morgan fingerprint density at radius 3 is 2.17 bits per heavy atom. The third kappa shape index (κ3) is 5.28. The normalized spacial score (nSPS) is 15.7. The molecule has 29 heavy (non-hydrogen) atoms. The van der Waals surface area contributed by atoms with Crippen molar-refractivity contribution in [1.82, 2.24) is 19.6 Å². The summed E-state index contributed by atoms with van der Waals surface area (Å²) in [5.41, 5.74) is 3.03. The Bertz CT molecular complexity index is 990. The van der Waals surface area contributed by atoms with Gasteiger partial charge in [0.05, 0.1) is 12.4 Å². The van der Waals surface area contributed by atoms with Gasteiger partial charge in [-0.3, -0.25) is 14.6 Å². The maximum Gasteiger partial charge on any atom is 0.268 e. The molecule has 1 fully saturated rings. The molecule has 5 heteroatoms. The fourth-order valence-electron chi connectivity index (χ4n) is 3.52. The first kappa shape index (κ1) is 19.3. The Hall–Kier alpha value is -3.02. The van der Waals surface area contributed by atoms with Crippen LogP contribution < -0.4 is 5.56 Å². The standard InChI is InChI=1S/C24H26N4O/c29-24-14-13-23(22-11-5-2-6-12-22)25-28(24)20-27-18-16-26(17-19-27)15-7-10-21-8-3-1-4-9-21/h1-14H,15-20H2. The SMILES string of the molecule is O=c1ccc(-c2ccccc2)nn1CN1CCN(CC=Cc2ccccc2)CC1. The summed E-state index contributed by atoms with van der Waals surface area (Å²) >= 11 is 0. The third-order valence-electron chi connectivity index (χ3n) is 5.21. The Morgan fingerprint density at radius 1 is 0.793 bits per heavy atom. The molecule has 0 bridgehead atoms. The zero-order chi connectivity index (χ0) is 19.9. The minimum absolute atomic E-state index is 0.0575. The second kappa shape index (κ2) is 9.45. The van der Waals surface area contributed by atoms with E-state index >= 15 is 0 Å². The lowest BCUT2D eigenvalue weighted by Crippen LogP contribution is -2.47. The van der Waals surface area contributed by atoms with Crippen molar-refractivity contribution in [2.45, 2.75) is 6.67 Å². The highest BCUT2D eigenvalue weighted by Crippen LogP contribution is 2.14. The second-order valence-corrected chi connectivity index (χ2v) is 7.30. The van der Waals surface area contributed by atoms with Crippen LogP contribution in [0.15, 0.2) is 83.7 Å². The summed E-state index contributed by atoms with van der Waals surface area (Å²) in [6.45, 7) is 5.34. The molecular weight excluding hydrogens is 360 g/mol. The van der Waals surface area contributed by atoms with Gasteiger partial charge in [-0.1, -0.05) is 72.8 Å². The van der Waals surface area contributed by atoms with E-state index in [1.807, 2.05) is 36.4 Å². The summed E-state index contributed by atoms with van der Waals surface area (Å²) in [4.78, 5) is 17.0. The zero-order valence-corrected chi connectivity index (χ0v) is 16.5. The smallest absolute Gasteiger partial charge is 0.268 e. The highest BCUT2D eigenvalue weighted by Gasteiger charge is 2.17. The predicted octanol–water partition coefficient (Wildman–Crippen LogP) is 3.20. The van der Waals surface area contributed by atoms with Gasteiger partial charge in [-0.2, -0.15) is 5.10 Å². The zero-order valence-electron chi connectivity index (χ0n) is 16.5. The van der Waals surface area contributed by atoms with Crippen LogP contribution in [-0.4, -0.2) is 52.3 Å². The van der Waals surface area contributed by atoms with Crippen molar-refractivity contribution >= 4 is 6.08 Å². The molecule has 3 aromatic rings. The van der Waals surface area contributed by atoms with Crippen LogP contribution in [0.1, 0.15) is 5.56 Å². The van der Waals surface area contributed by atoms with E-state index in [-0.39, 0.29) is 5.56 Å². The largest absolute Gasteiger partial charge is 0.297 e. The average Bonchev–Trinajstić information content (AvgIpc) is 2.78. The van der Waals surface area contributed by atoms with Gasteiger partial charge in [-0.15, -0.1) is 0 Å². The Balaban J connectivity index is 1.32. The van der Waals surface area contributed by atoms with E-state index in [1.165, 1.54) is 5.56 Å². The Labute approximate surface area is 171 Å². The molecule has 0 unspecified atom stereocenters. The summed E-state index contributed by atoms with van der Waals surface area (Å²) in [7, 11) is 0. The fourth-order valence-corrected chi connectivity index (χ4v) is 3.52. The van der Waals surface area contributed by atoms with Crippen LogP contribution in [0, 0.1) is 0 Å².